The number of hydrogen-bond acceptors (Lipinski definition) is 7. The van der Waals surface area contributed by atoms with E-state index >= 15 is 0 Å². The van der Waals surface area contributed by atoms with E-state index in [4.69, 9.17) is 9.47 Å². The van der Waals surface area contributed by atoms with E-state index < -0.39 is 35.6 Å². The lowest BCUT2D eigenvalue weighted by atomic mass is 9.70. The molecule has 10 nitrogen and oxygen atoms in total. The first-order chi connectivity index (χ1) is 22.2. The van der Waals surface area contributed by atoms with Crippen molar-refractivity contribution >= 4 is 23.7 Å². The highest BCUT2D eigenvalue weighted by Gasteiger charge is 2.74. The van der Waals surface area contributed by atoms with Gasteiger partial charge in [-0.3, -0.25) is 19.2 Å². The molecule has 0 radical (unpaired) electrons. The van der Waals surface area contributed by atoms with Gasteiger partial charge in [0.05, 0.1) is 24.0 Å². The van der Waals surface area contributed by atoms with E-state index in [0.29, 0.717) is 51.6 Å². The molecule has 3 saturated heterocycles. The molecular formula is C36H51N3O7. The number of fused-ring (bicyclic) bond motifs is 1. The third-order valence-electron chi connectivity index (χ3n) is 9.72. The van der Waals surface area contributed by atoms with Crippen LogP contribution in [0.3, 0.4) is 0 Å². The Hall–Kier alpha value is -3.50. The van der Waals surface area contributed by atoms with Gasteiger partial charge in [0.15, 0.2) is 0 Å². The maximum atomic E-state index is 14.5. The molecule has 0 aliphatic carbocycles. The maximum Gasteiger partial charge on any atom is 0.306 e. The van der Waals surface area contributed by atoms with Gasteiger partial charge in [-0.15, -0.1) is 13.2 Å². The Kier molecular flexibility index (Phi) is 12.6. The fraction of sp³-hybridized carbons (Fsp3) is 0.611. The number of aliphatic hydroxyl groups excluding tert-OH is 1. The number of rotatable bonds is 19. The summed E-state index contributed by atoms with van der Waals surface area (Å²) in [6.45, 7) is 12.3. The van der Waals surface area contributed by atoms with Crippen molar-refractivity contribution in [2.24, 2.45) is 11.8 Å². The van der Waals surface area contributed by atoms with Gasteiger partial charge < -0.3 is 29.7 Å². The Morgan fingerprint density at radius 3 is 2.63 bits per heavy atom. The summed E-state index contributed by atoms with van der Waals surface area (Å²) in [6, 6.07) is 7.75. The number of carbonyl (C=O) groups excluding carboxylic acids is 4. The van der Waals surface area contributed by atoms with Crippen LogP contribution < -0.4 is 5.32 Å². The second-order valence-corrected chi connectivity index (χ2v) is 12.8. The number of carbonyl (C=O) groups is 4. The van der Waals surface area contributed by atoms with Crippen LogP contribution in [0.5, 0.6) is 0 Å². The van der Waals surface area contributed by atoms with Crippen molar-refractivity contribution < 1.29 is 33.8 Å². The predicted molar refractivity (Wildman–Crippen MR) is 174 cm³/mol. The third-order valence-corrected chi connectivity index (χ3v) is 9.72. The molecule has 1 aromatic carbocycles. The summed E-state index contributed by atoms with van der Waals surface area (Å²) in [5.74, 6) is -2.74. The van der Waals surface area contributed by atoms with E-state index in [1.807, 2.05) is 37.3 Å². The Morgan fingerprint density at radius 2 is 1.96 bits per heavy atom. The summed E-state index contributed by atoms with van der Waals surface area (Å²) in [7, 11) is 0. The topological polar surface area (TPSA) is 125 Å². The molecular weight excluding hydrogens is 586 g/mol. The Labute approximate surface area is 273 Å². The largest absolute Gasteiger partial charge is 0.463 e. The zero-order valence-electron chi connectivity index (χ0n) is 27.4. The molecule has 10 heteroatoms. The second-order valence-electron chi connectivity index (χ2n) is 12.8. The van der Waals surface area contributed by atoms with Crippen molar-refractivity contribution in [2.45, 2.75) is 101 Å². The van der Waals surface area contributed by atoms with E-state index in [-0.39, 0.29) is 49.4 Å². The van der Waals surface area contributed by atoms with Gasteiger partial charge in [-0.2, -0.15) is 0 Å². The van der Waals surface area contributed by atoms with Crippen LogP contribution in [-0.2, 0) is 28.7 Å². The zero-order chi connectivity index (χ0) is 33.3. The van der Waals surface area contributed by atoms with E-state index in [0.717, 1.165) is 18.4 Å². The number of esters is 1. The minimum Gasteiger partial charge on any atom is -0.463 e. The summed E-state index contributed by atoms with van der Waals surface area (Å²) in [5.41, 5.74) is -0.338. The number of aliphatic hydroxyl groups is 1. The molecule has 3 amide bonds. The normalized spacial score (nSPS) is 25.9. The molecule has 4 rings (SSSR count). The molecule has 7 atom stereocenters. The predicted octanol–water partition coefficient (Wildman–Crippen LogP) is 4.09. The Balaban J connectivity index is 1.63. The van der Waals surface area contributed by atoms with Crippen molar-refractivity contribution in [3.63, 3.8) is 0 Å². The molecule has 1 unspecified atom stereocenters. The summed E-state index contributed by atoms with van der Waals surface area (Å²) in [5, 5.41) is 12.4. The first-order valence-electron chi connectivity index (χ1n) is 16.9. The van der Waals surface area contributed by atoms with E-state index in [1.54, 1.807) is 22.0 Å². The lowest BCUT2D eigenvalue weighted by Gasteiger charge is -2.39. The molecule has 3 heterocycles. The fourth-order valence-electron chi connectivity index (χ4n) is 7.54. The van der Waals surface area contributed by atoms with E-state index in [1.165, 1.54) is 0 Å². The Bertz CT molecular complexity index is 1240. The van der Waals surface area contributed by atoms with Gasteiger partial charge in [0.25, 0.3) is 0 Å². The SMILES string of the molecule is C=CCCC(=O)OC[C@H](NC(=O)[C@@H]1[C@@H]2CC[C@]3(O2)[C@H](C(=O)N(CC=C)C(C)CCC)N(CCCCCO)C(=O)[C@@H]13)c1ccccc1. The van der Waals surface area contributed by atoms with Crippen LogP contribution in [0.1, 0.15) is 83.2 Å². The van der Waals surface area contributed by atoms with Crippen LogP contribution in [0.15, 0.2) is 55.6 Å². The number of nitrogens with zero attached hydrogens (tertiary/aromatic N) is 2. The minimum absolute atomic E-state index is 0.0579. The molecule has 3 aliphatic heterocycles. The van der Waals surface area contributed by atoms with Gasteiger partial charge in [-0.25, -0.2) is 0 Å². The number of hydrogen-bond donors (Lipinski definition) is 2. The average Bonchev–Trinajstić information content (AvgIpc) is 3.70. The molecule has 3 aliphatic rings. The van der Waals surface area contributed by atoms with Gasteiger partial charge in [-0.05, 0) is 57.4 Å². The highest BCUT2D eigenvalue weighted by atomic mass is 16.5. The smallest absolute Gasteiger partial charge is 0.306 e. The summed E-state index contributed by atoms with van der Waals surface area (Å²) in [6.07, 6.45) is 8.25. The number of ether oxygens (including phenoxy) is 2. The van der Waals surface area contributed by atoms with Gasteiger partial charge in [-0.1, -0.05) is 55.8 Å². The van der Waals surface area contributed by atoms with E-state index in [2.05, 4.69) is 25.4 Å². The quantitative estimate of drug-likeness (QED) is 0.133. The van der Waals surface area contributed by atoms with Crippen LogP contribution in [0.4, 0.5) is 0 Å². The minimum atomic E-state index is -1.11. The molecule has 1 spiro atoms. The molecule has 0 saturated carbocycles. The first-order valence-corrected chi connectivity index (χ1v) is 16.9. The summed E-state index contributed by atoms with van der Waals surface area (Å²) >= 11 is 0. The fourth-order valence-corrected chi connectivity index (χ4v) is 7.54. The van der Waals surface area contributed by atoms with Crippen molar-refractivity contribution in [1.29, 1.82) is 0 Å². The standard InChI is InChI=1S/C36H51N3O7/c1-5-8-18-29(41)45-24-27(26-16-11-9-12-17-26)37-33(42)30-28-19-20-36(46-28)31(30)34(43)39(22-13-10-14-23-40)32(36)35(44)38(21-7-3)25(4)15-6-2/h5,7,9,11-12,16-17,25,27-28,30-32,40H,1,3,6,8,10,13-15,18-24H2,2,4H3,(H,37,42)/t25?,27-,28-,30+,31+,32-,36+/m0/s1. The molecule has 1 aromatic rings. The van der Waals surface area contributed by atoms with Crippen molar-refractivity contribution in [1.82, 2.24) is 15.1 Å². The maximum absolute atomic E-state index is 14.5. The van der Waals surface area contributed by atoms with Crippen LogP contribution in [-0.4, -0.2) is 88.7 Å². The van der Waals surface area contributed by atoms with Gasteiger partial charge >= 0.3 is 5.97 Å². The third kappa shape index (κ3) is 7.39. The van der Waals surface area contributed by atoms with Gasteiger partial charge in [0.2, 0.25) is 17.7 Å². The zero-order valence-corrected chi connectivity index (χ0v) is 27.4. The number of benzene rings is 1. The van der Waals surface area contributed by atoms with Crippen molar-refractivity contribution in [3.8, 4) is 0 Å². The Morgan fingerprint density at radius 1 is 1.20 bits per heavy atom. The first kappa shape index (κ1) is 35.4. The van der Waals surface area contributed by atoms with Crippen molar-refractivity contribution in [3.05, 3.63) is 61.2 Å². The van der Waals surface area contributed by atoms with Crippen LogP contribution >= 0.6 is 0 Å². The highest BCUT2D eigenvalue weighted by Crippen LogP contribution is 2.58. The number of allylic oxidation sites excluding steroid dienone is 1. The number of likely N-dealkylation sites (tertiary alicyclic amines) is 1. The molecule has 3 fully saturated rings. The number of unbranched alkanes of at least 4 members (excludes halogenated alkanes) is 2. The monoisotopic (exact) mass is 637 g/mol. The van der Waals surface area contributed by atoms with E-state index in [9.17, 15) is 24.3 Å². The molecule has 2 bridgehead atoms. The highest BCUT2D eigenvalue weighted by molar-refractivity contribution is 5.99. The molecule has 252 valence electrons. The molecule has 0 aromatic heterocycles. The summed E-state index contributed by atoms with van der Waals surface area (Å²) in [4.78, 5) is 58.8. The van der Waals surface area contributed by atoms with Crippen LogP contribution in [0.2, 0.25) is 0 Å². The number of amides is 3. The summed E-state index contributed by atoms with van der Waals surface area (Å²) < 4.78 is 12.2. The van der Waals surface area contributed by atoms with Crippen LogP contribution in [0, 0.1) is 11.8 Å². The van der Waals surface area contributed by atoms with Gasteiger partial charge in [0, 0.05) is 32.2 Å². The lowest BCUT2D eigenvalue weighted by molar-refractivity contribution is -0.149. The van der Waals surface area contributed by atoms with Crippen molar-refractivity contribution in [2.75, 3.05) is 26.3 Å². The number of nitrogens with one attached hydrogen (secondary N) is 1. The van der Waals surface area contributed by atoms with Crippen LogP contribution in [0.25, 0.3) is 0 Å². The average molecular weight is 638 g/mol. The van der Waals surface area contributed by atoms with Gasteiger partial charge in [0.1, 0.15) is 18.2 Å². The second kappa shape index (κ2) is 16.4. The molecule has 2 N–H and O–H groups in total. The molecule has 46 heavy (non-hydrogen) atoms. The lowest BCUT2D eigenvalue weighted by Crippen LogP contribution is -2.58.